The summed E-state index contributed by atoms with van der Waals surface area (Å²) >= 11 is 0. The van der Waals surface area contributed by atoms with Gasteiger partial charge in [0.05, 0.1) is 19.3 Å². The van der Waals surface area contributed by atoms with E-state index in [1.807, 2.05) is 6.92 Å². The van der Waals surface area contributed by atoms with Gasteiger partial charge in [0.15, 0.2) is 6.23 Å². The van der Waals surface area contributed by atoms with Crippen LogP contribution in [-0.4, -0.2) is 53.5 Å². The number of aromatic nitrogens is 2. The number of rotatable bonds is 9. The van der Waals surface area contributed by atoms with E-state index in [0.717, 1.165) is 4.57 Å². The molecule has 126 valence electrons. The molecule has 0 saturated heterocycles. The van der Waals surface area contributed by atoms with Crippen molar-refractivity contribution in [1.29, 1.82) is 0 Å². The maximum absolute atomic E-state index is 11.8. The van der Waals surface area contributed by atoms with Crippen molar-refractivity contribution in [2.75, 3.05) is 26.9 Å². The molecule has 0 aliphatic heterocycles. The van der Waals surface area contributed by atoms with Crippen molar-refractivity contribution in [3.63, 3.8) is 0 Å². The molecule has 1 aromatic heterocycles. The summed E-state index contributed by atoms with van der Waals surface area (Å²) in [7, 11) is 1.48. The van der Waals surface area contributed by atoms with Crippen LogP contribution in [0.4, 0.5) is 0 Å². The van der Waals surface area contributed by atoms with E-state index in [9.17, 15) is 19.5 Å². The van der Waals surface area contributed by atoms with Gasteiger partial charge in [-0.3, -0.25) is 19.1 Å². The molecule has 1 amide bonds. The number of H-pyrrole nitrogens is 1. The molecular formula is C13H23N3O6. The van der Waals surface area contributed by atoms with Crippen molar-refractivity contribution in [3.8, 4) is 0 Å². The number of hydrogen-bond acceptors (Lipinski definition) is 6. The summed E-state index contributed by atoms with van der Waals surface area (Å²) < 4.78 is 12.0. The number of nitrogens with one attached hydrogen (secondary N) is 2. The van der Waals surface area contributed by atoms with Gasteiger partial charge in [-0.25, -0.2) is 4.79 Å². The number of hydrogen-bond donors (Lipinski definition) is 3. The van der Waals surface area contributed by atoms with Gasteiger partial charge in [-0.15, -0.1) is 0 Å². The summed E-state index contributed by atoms with van der Waals surface area (Å²) in [6.07, 6.45) is 0.443. The smallest absolute Gasteiger partial charge is 0.330 e. The highest BCUT2D eigenvalue weighted by molar-refractivity contribution is 5.76. The first kappa shape index (κ1) is 18.1. The Morgan fingerprint density at radius 3 is 2.82 bits per heavy atom. The maximum atomic E-state index is 11.8. The molecule has 22 heavy (non-hydrogen) atoms. The van der Waals surface area contributed by atoms with Gasteiger partial charge in [-0.05, 0) is 6.42 Å². The number of aliphatic hydroxyl groups excluding tert-OH is 1. The van der Waals surface area contributed by atoms with E-state index in [-0.39, 0.29) is 27.2 Å². The first-order valence-electron chi connectivity index (χ1n) is 6.87. The Morgan fingerprint density at radius 1 is 1.55 bits per heavy atom. The van der Waals surface area contributed by atoms with Crippen LogP contribution in [0.1, 0.15) is 21.0 Å². The first-order valence-corrected chi connectivity index (χ1v) is 6.87. The van der Waals surface area contributed by atoms with Crippen molar-refractivity contribution >= 4 is 5.91 Å². The van der Waals surface area contributed by atoms with Crippen molar-refractivity contribution < 1.29 is 20.8 Å². The van der Waals surface area contributed by atoms with Gasteiger partial charge in [0, 0.05) is 20.7 Å². The fraction of sp³-hybridized carbons (Fsp3) is 0.615. The summed E-state index contributed by atoms with van der Waals surface area (Å²) in [5.41, 5.74) is -1.19. The van der Waals surface area contributed by atoms with Crippen LogP contribution < -0.4 is 16.6 Å². The Kier molecular flexibility index (Phi) is 7.50. The topological polar surface area (TPSA) is 123 Å². The Morgan fingerprint density at radius 2 is 2.27 bits per heavy atom. The lowest BCUT2D eigenvalue weighted by atomic mass is 10.3. The molecule has 9 heteroatoms. The molecule has 3 N–H and O–H groups in total. The molecule has 1 rings (SSSR count). The number of carbonyl (C=O) groups is 1. The normalized spacial score (nSPS) is 13.6. The zero-order valence-corrected chi connectivity index (χ0v) is 12.6. The van der Waals surface area contributed by atoms with Crippen LogP contribution in [0.25, 0.3) is 0 Å². The van der Waals surface area contributed by atoms with Crippen LogP contribution >= 0.6 is 0 Å². The molecule has 1 heterocycles. The van der Waals surface area contributed by atoms with Gasteiger partial charge >= 0.3 is 5.69 Å². The van der Waals surface area contributed by atoms with E-state index in [4.69, 9.17) is 9.47 Å². The minimum atomic E-state index is -0.869. The molecule has 0 aromatic carbocycles. The molecule has 0 saturated carbocycles. The molecule has 9 nitrogen and oxygen atoms in total. The number of amides is 1. The second-order valence-corrected chi connectivity index (χ2v) is 4.51. The first-order chi connectivity index (χ1) is 10.5. The van der Waals surface area contributed by atoms with E-state index < -0.39 is 23.6 Å². The van der Waals surface area contributed by atoms with Gasteiger partial charge in [-0.2, -0.15) is 0 Å². The number of aromatic amines is 1. The van der Waals surface area contributed by atoms with Crippen LogP contribution in [0.3, 0.4) is 0 Å². The van der Waals surface area contributed by atoms with E-state index in [1.165, 1.54) is 19.3 Å². The third-order valence-corrected chi connectivity index (χ3v) is 2.94. The highest BCUT2D eigenvalue weighted by Gasteiger charge is 2.19. The Bertz CT molecular complexity index is 584. The molecule has 0 radical (unpaired) electrons. The largest absolute Gasteiger partial charge is 0.394 e. The summed E-state index contributed by atoms with van der Waals surface area (Å²) in [6.45, 7) is 1.32. The molecule has 0 unspecified atom stereocenters. The third-order valence-electron chi connectivity index (χ3n) is 2.94. The lowest BCUT2D eigenvalue weighted by molar-refractivity contribution is -0.134. The molecule has 1 aromatic rings. The zero-order chi connectivity index (χ0) is 16.5. The number of nitrogens with zero attached hydrogens (tertiary/aromatic N) is 1. The quantitative estimate of drug-likeness (QED) is 0.527. The SMILES string of the molecule is CC[C@@H](CO)O[C@H](COCC(=O)NC)n1ccc(=O)[nH]c1=O.[HH]. The van der Waals surface area contributed by atoms with Crippen LogP contribution in [0, 0.1) is 0 Å². The second-order valence-electron chi connectivity index (χ2n) is 4.51. The second kappa shape index (κ2) is 9.13. The van der Waals surface area contributed by atoms with Gasteiger partial charge in [0.2, 0.25) is 5.91 Å². The minimum absolute atomic E-state index is 0. The monoisotopic (exact) mass is 317 g/mol. The number of carbonyl (C=O) groups excluding carboxylic acids is 1. The predicted molar refractivity (Wildman–Crippen MR) is 79.6 cm³/mol. The van der Waals surface area contributed by atoms with Gasteiger partial charge in [0.1, 0.15) is 6.61 Å². The standard InChI is InChI=1S/C13H21N3O6.H2/c1-3-9(6-17)22-12(8-21-7-11(19)14-2)16-5-4-10(18)15-13(16)20;/h4-5,9,12,17H,3,6-8H2,1-2H3,(H,14,19)(H,15,18,20);1H/t9-,12+;/m0./s1. The van der Waals surface area contributed by atoms with E-state index in [2.05, 4.69) is 10.3 Å². The Labute approximate surface area is 128 Å². The molecule has 0 fully saturated rings. The molecule has 0 aliphatic rings. The molecule has 0 aliphatic carbocycles. The van der Waals surface area contributed by atoms with Crippen LogP contribution in [-0.2, 0) is 14.3 Å². The van der Waals surface area contributed by atoms with Crippen molar-refractivity contribution in [3.05, 3.63) is 33.1 Å². The van der Waals surface area contributed by atoms with Crippen LogP contribution in [0.2, 0.25) is 0 Å². The maximum Gasteiger partial charge on any atom is 0.330 e. The fourth-order valence-corrected chi connectivity index (χ4v) is 1.65. The highest BCUT2D eigenvalue weighted by atomic mass is 16.6. The van der Waals surface area contributed by atoms with Crippen molar-refractivity contribution in [2.24, 2.45) is 0 Å². The van der Waals surface area contributed by atoms with Crippen LogP contribution in [0.5, 0.6) is 0 Å². The number of likely N-dealkylation sites (N-methyl/N-ethyl adjacent to an activating group) is 1. The minimum Gasteiger partial charge on any atom is -0.394 e. The Hall–Kier alpha value is -1.97. The van der Waals surface area contributed by atoms with Crippen LogP contribution in [0.15, 0.2) is 21.9 Å². The third kappa shape index (κ3) is 5.43. The van der Waals surface area contributed by atoms with Crippen molar-refractivity contribution in [2.45, 2.75) is 25.7 Å². The Balaban J connectivity index is 0.00000484. The summed E-state index contributed by atoms with van der Waals surface area (Å²) in [4.78, 5) is 36.2. The van der Waals surface area contributed by atoms with E-state index in [1.54, 1.807) is 0 Å². The lowest BCUT2D eigenvalue weighted by Gasteiger charge is -2.24. The predicted octanol–water partition coefficient (Wildman–Crippen LogP) is -1.17. The average Bonchev–Trinajstić information content (AvgIpc) is 2.51. The van der Waals surface area contributed by atoms with E-state index in [0.29, 0.717) is 6.42 Å². The molecule has 0 bridgehead atoms. The molecule has 2 atom stereocenters. The number of aliphatic hydroxyl groups is 1. The summed E-state index contributed by atoms with van der Waals surface area (Å²) in [6, 6.07) is 1.18. The van der Waals surface area contributed by atoms with Gasteiger partial charge < -0.3 is 19.9 Å². The molecule has 0 spiro atoms. The van der Waals surface area contributed by atoms with Crippen molar-refractivity contribution in [1.82, 2.24) is 14.9 Å². The molecular weight excluding hydrogens is 294 g/mol. The number of ether oxygens (including phenoxy) is 2. The zero-order valence-electron chi connectivity index (χ0n) is 12.6. The highest BCUT2D eigenvalue weighted by Crippen LogP contribution is 2.11. The summed E-state index contributed by atoms with van der Waals surface area (Å²) in [5.74, 6) is -0.318. The van der Waals surface area contributed by atoms with E-state index >= 15 is 0 Å². The fourth-order valence-electron chi connectivity index (χ4n) is 1.65. The summed E-state index contributed by atoms with van der Waals surface area (Å²) in [5, 5.41) is 11.6. The van der Waals surface area contributed by atoms with Gasteiger partial charge in [0.25, 0.3) is 5.56 Å². The average molecular weight is 317 g/mol. The van der Waals surface area contributed by atoms with Gasteiger partial charge in [-0.1, -0.05) is 6.92 Å². The lowest BCUT2D eigenvalue weighted by Crippen LogP contribution is -2.37.